The fourth-order valence-corrected chi connectivity index (χ4v) is 5.32. The molecule has 2 amide bonds. The number of fused-ring (bicyclic) bond motifs is 2. The molecule has 0 radical (unpaired) electrons. The zero-order chi connectivity index (χ0) is 17.6. The van der Waals surface area contributed by atoms with Gasteiger partial charge in [-0.15, -0.1) is 11.8 Å². The molecule has 0 saturated carbocycles. The van der Waals surface area contributed by atoms with Crippen LogP contribution in [0.1, 0.15) is 38.3 Å². The summed E-state index contributed by atoms with van der Waals surface area (Å²) in [6.07, 6.45) is 1.38. The number of benzene rings is 2. The maximum atomic E-state index is 12.8. The Bertz CT molecular complexity index is 852. The van der Waals surface area contributed by atoms with Gasteiger partial charge in [0, 0.05) is 12.2 Å². The van der Waals surface area contributed by atoms with Crippen molar-refractivity contribution in [1.29, 1.82) is 0 Å². The van der Waals surface area contributed by atoms with Gasteiger partial charge in [-0.25, -0.2) is 0 Å². The van der Waals surface area contributed by atoms with Crippen LogP contribution in [-0.4, -0.2) is 33.4 Å². The van der Waals surface area contributed by atoms with Gasteiger partial charge in [-0.3, -0.25) is 9.59 Å². The molecule has 2 aliphatic rings. The van der Waals surface area contributed by atoms with Crippen molar-refractivity contribution in [2.75, 3.05) is 5.75 Å². The number of nitrogens with one attached hydrogen (secondary N) is 1. The Kier molecular flexibility index (Phi) is 3.99. The van der Waals surface area contributed by atoms with Crippen LogP contribution in [0.3, 0.4) is 0 Å². The van der Waals surface area contributed by atoms with Crippen molar-refractivity contribution in [2.45, 2.75) is 43.6 Å². The minimum Gasteiger partial charge on any atom is -0.348 e. The maximum absolute atomic E-state index is 12.8. The van der Waals surface area contributed by atoms with E-state index in [0.717, 1.165) is 12.0 Å². The molecule has 0 spiro atoms. The summed E-state index contributed by atoms with van der Waals surface area (Å²) in [6.45, 7) is 4.07. The van der Waals surface area contributed by atoms with Crippen LogP contribution in [0.4, 0.5) is 0 Å². The zero-order valence-corrected chi connectivity index (χ0v) is 15.3. The number of hydrogen-bond donors (Lipinski definition) is 1. The van der Waals surface area contributed by atoms with Gasteiger partial charge in [-0.1, -0.05) is 36.4 Å². The molecule has 2 saturated heterocycles. The number of thioether (sulfide) groups is 1. The van der Waals surface area contributed by atoms with Gasteiger partial charge in [0.2, 0.25) is 11.8 Å². The molecule has 25 heavy (non-hydrogen) atoms. The Balaban J connectivity index is 1.51. The van der Waals surface area contributed by atoms with Gasteiger partial charge in [0.15, 0.2) is 0 Å². The molecule has 4 rings (SSSR count). The second-order valence-electron chi connectivity index (χ2n) is 7.10. The summed E-state index contributed by atoms with van der Waals surface area (Å²) in [6, 6.07) is 14.0. The summed E-state index contributed by atoms with van der Waals surface area (Å²) >= 11 is 1.72. The van der Waals surface area contributed by atoms with Crippen molar-refractivity contribution in [3.8, 4) is 0 Å². The minimum absolute atomic E-state index is 0.0490. The molecule has 130 valence electrons. The van der Waals surface area contributed by atoms with Gasteiger partial charge in [0.1, 0.15) is 6.04 Å². The van der Waals surface area contributed by atoms with Crippen LogP contribution in [0.5, 0.6) is 0 Å². The van der Waals surface area contributed by atoms with E-state index in [0.29, 0.717) is 12.2 Å². The molecule has 2 aromatic carbocycles. The fourth-order valence-electron chi connectivity index (χ4n) is 3.88. The van der Waals surface area contributed by atoms with Crippen molar-refractivity contribution in [1.82, 2.24) is 10.2 Å². The number of amides is 2. The lowest BCUT2D eigenvalue weighted by molar-refractivity contribution is -0.138. The van der Waals surface area contributed by atoms with Crippen LogP contribution < -0.4 is 5.32 Å². The minimum atomic E-state index is -0.354. The third-order valence-corrected chi connectivity index (χ3v) is 6.88. The lowest BCUT2D eigenvalue weighted by Gasteiger charge is -2.30. The van der Waals surface area contributed by atoms with Crippen molar-refractivity contribution < 1.29 is 9.59 Å². The summed E-state index contributed by atoms with van der Waals surface area (Å²) in [5.74, 6) is 0.733. The van der Waals surface area contributed by atoms with Crippen LogP contribution in [0.15, 0.2) is 42.5 Å². The maximum Gasteiger partial charge on any atom is 0.244 e. The van der Waals surface area contributed by atoms with E-state index in [2.05, 4.69) is 42.6 Å². The Labute approximate surface area is 152 Å². The first kappa shape index (κ1) is 16.5. The van der Waals surface area contributed by atoms with E-state index in [1.54, 1.807) is 16.7 Å². The molecule has 2 heterocycles. The van der Waals surface area contributed by atoms with Crippen molar-refractivity contribution in [2.24, 2.45) is 0 Å². The number of carbonyl (C=O) groups excluding carboxylic acids is 2. The second kappa shape index (κ2) is 6.06. The van der Waals surface area contributed by atoms with Gasteiger partial charge in [-0.05, 0) is 42.7 Å². The largest absolute Gasteiger partial charge is 0.348 e. The van der Waals surface area contributed by atoms with Crippen molar-refractivity contribution in [3.05, 3.63) is 48.0 Å². The number of rotatable bonds is 3. The highest BCUT2D eigenvalue weighted by Gasteiger charge is 2.52. The molecule has 3 unspecified atom stereocenters. The van der Waals surface area contributed by atoms with Crippen LogP contribution in [0.25, 0.3) is 10.8 Å². The van der Waals surface area contributed by atoms with Crippen molar-refractivity contribution in [3.63, 3.8) is 0 Å². The van der Waals surface area contributed by atoms with Crippen LogP contribution in [0, 0.1) is 0 Å². The van der Waals surface area contributed by atoms with E-state index in [1.807, 2.05) is 19.1 Å². The molecule has 2 aliphatic heterocycles. The highest BCUT2D eigenvalue weighted by molar-refractivity contribution is 8.01. The lowest BCUT2D eigenvalue weighted by Crippen LogP contribution is -2.50. The Morgan fingerprint density at radius 1 is 1.28 bits per heavy atom. The van der Waals surface area contributed by atoms with Gasteiger partial charge in [0.05, 0.1) is 10.9 Å². The van der Waals surface area contributed by atoms with Gasteiger partial charge >= 0.3 is 0 Å². The second-order valence-corrected chi connectivity index (χ2v) is 8.60. The zero-order valence-electron chi connectivity index (χ0n) is 14.5. The first-order valence-corrected chi connectivity index (χ1v) is 9.72. The predicted molar refractivity (Wildman–Crippen MR) is 101 cm³/mol. The molecule has 0 aromatic heterocycles. The first-order chi connectivity index (χ1) is 12.0. The monoisotopic (exact) mass is 354 g/mol. The molecule has 2 fully saturated rings. The molecular formula is C20H22N2O2S. The molecule has 2 aromatic rings. The predicted octanol–water partition coefficient (Wildman–Crippen LogP) is 3.47. The standard InChI is InChI=1S/C20H22N2O2S/c1-13(15-8-7-14-5-3-4-6-16(14)11-15)21-19(24)17-12-25-20(2)10-9-18(23)22(17)20/h3-8,11,13,17H,9-10,12H2,1-2H3,(H,21,24). The molecule has 5 heteroatoms. The molecule has 1 N–H and O–H groups in total. The van der Waals surface area contributed by atoms with E-state index < -0.39 is 0 Å². The Morgan fingerprint density at radius 2 is 2.04 bits per heavy atom. The number of nitrogens with zero attached hydrogens (tertiary/aromatic N) is 1. The first-order valence-electron chi connectivity index (χ1n) is 8.73. The van der Waals surface area contributed by atoms with Gasteiger partial charge < -0.3 is 10.2 Å². The quantitative estimate of drug-likeness (QED) is 0.918. The van der Waals surface area contributed by atoms with E-state index in [-0.39, 0.29) is 28.8 Å². The molecule has 0 aliphatic carbocycles. The SMILES string of the molecule is CC(NC(=O)C1CSC2(C)CCC(=O)N12)c1ccc2ccccc2c1. The molecule has 0 bridgehead atoms. The van der Waals surface area contributed by atoms with Crippen LogP contribution in [-0.2, 0) is 9.59 Å². The Morgan fingerprint density at radius 3 is 2.84 bits per heavy atom. The summed E-state index contributed by atoms with van der Waals surface area (Å²) in [5.41, 5.74) is 1.08. The average Bonchev–Trinajstić information content (AvgIpc) is 3.10. The van der Waals surface area contributed by atoms with E-state index in [9.17, 15) is 9.59 Å². The summed E-state index contributed by atoms with van der Waals surface area (Å²) in [7, 11) is 0. The highest BCUT2D eigenvalue weighted by atomic mass is 32.2. The lowest BCUT2D eigenvalue weighted by atomic mass is 10.0. The number of carbonyl (C=O) groups is 2. The Hall–Kier alpha value is -2.01. The fraction of sp³-hybridized carbons (Fsp3) is 0.400. The van der Waals surface area contributed by atoms with Gasteiger partial charge in [-0.2, -0.15) is 0 Å². The third kappa shape index (κ3) is 2.80. The average molecular weight is 354 g/mol. The van der Waals surface area contributed by atoms with E-state index in [1.165, 1.54) is 10.8 Å². The topological polar surface area (TPSA) is 49.4 Å². The third-order valence-electron chi connectivity index (χ3n) is 5.38. The van der Waals surface area contributed by atoms with E-state index in [4.69, 9.17) is 0 Å². The molecule has 3 atom stereocenters. The summed E-state index contributed by atoms with van der Waals surface area (Å²) in [4.78, 5) is 26.6. The normalized spacial score (nSPS) is 26.7. The molecular weight excluding hydrogens is 332 g/mol. The summed E-state index contributed by atoms with van der Waals surface area (Å²) < 4.78 is 0. The van der Waals surface area contributed by atoms with Crippen LogP contribution in [0.2, 0.25) is 0 Å². The van der Waals surface area contributed by atoms with Crippen molar-refractivity contribution >= 4 is 34.3 Å². The highest BCUT2D eigenvalue weighted by Crippen LogP contribution is 2.47. The van der Waals surface area contributed by atoms with E-state index >= 15 is 0 Å². The molecule has 4 nitrogen and oxygen atoms in total. The summed E-state index contributed by atoms with van der Waals surface area (Å²) in [5, 5.41) is 5.46. The smallest absolute Gasteiger partial charge is 0.244 e. The van der Waals surface area contributed by atoms with Gasteiger partial charge in [0.25, 0.3) is 0 Å². The van der Waals surface area contributed by atoms with Crippen LogP contribution >= 0.6 is 11.8 Å². The number of hydrogen-bond acceptors (Lipinski definition) is 3.